The Morgan fingerprint density at radius 2 is 1.89 bits per heavy atom. The van der Waals surface area contributed by atoms with E-state index in [0.717, 1.165) is 25.7 Å². The van der Waals surface area contributed by atoms with Crippen LogP contribution in [0.2, 0.25) is 5.15 Å². The molecule has 0 spiro atoms. The molecule has 150 valence electrons. The van der Waals surface area contributed by atoms with E-state index in [1.807, 2.05) is 13.8 Å². The molecule has 0 unspecified atom stereocenters. The number of imide groups is 1. The van der Waals surface area contributed by atoms with E-state index in [1.54, 1.807) is 6.92 Å². The second kappa shape index (κ2) is 9.21. The first-order chi connectivity index (χ1) is 12.7. The average Bonchev–Trinajstić information content (AvgIpc) is 3.15. The highest BCUT2D eigenvalue weighted by atomic mass is 35.5. The third-order valence-electron chi connectivity index (χ3n) is 4.39. The molecule has 1 aromatic heterocycles. The van der Waals surface area contributed by atoms with Gasteiger partial charge in [-0.05, 0) is 32.6 Å². The van der Waals surface area contributed by atoms with Gasteiger partial charge >= 0.3 is 12.0 Å². The van der Waals surface area contributed by atoms with Gasteiger partial charge in [0.25, 0.3) is 5.91 Å². The van der Waals surface area contributed by atoms with E-state index in [2.05, 4.69) is 15.7 Å². The minimum Gasteiger partial charge on any atom is -0.449 e. The Kier molecular flexibility index (Phi) is 7.24. The van der Waals surface area contributed by atoms with Crippen molar-refractivity contribution in [3.63, 3.8) is 0 Å². The smallest absolute Gasteiger partial charge is 0.343 e. The number of aryl methyl sites for hydroxylation is 1. The van der Waals surface area contributed by atoms with Gasteiger partial charge < -0.3 is 10.1 Å². The molecule has 3 amide bonds. The minimum atomic E-state index is -1.14. The molecule has 1 aliphatic carbocycles. The van der Waals surface area contributed by atoms with Crippen LogP contribution < -0.4 is 10.6 Å². The SMILES string of the molecule is Cc1nn(CC(C)C)c(Cl)c1C(=O)O[C@H](C)C(=O)NC(=O)NC1CCCC1. The van der Waals surface area contributed by atoms with E-state index < -0.39 is 24.0 Å². The molecular formula is C18H27ClN4O4. The Balaban J connectivity index is 1.93. The summed E-state index contributed by atoms with van der Waals surface area (Å²) in [6.07, 6.45) is 2.81. The fourth-order valence-electron chi connectivity index (χ4n) is 3.03. The van der Waals surface area contributed by atoms with Crippen LogP contribution in [0.3, 0.4) is 0 Å². The van der Waals surface area contributed by atoms with Crippen LogP contribution in [0.5, 0.6) is 0 Å². The van der Waals surface area contributed by atoms with Gasteiger partial charge in [0, 0.05) is 12.6 Å². The lowest BCUT2D eigenvalue weighted by molar-refractivity contribution is -0.127. The summed E-state index contributed by atoms with van der Waals surface area (Å²) < 4.78 is 6.72. The highest BCUT2D eigenvalue weighted by Gasteiger charge is 2.27. The molecule has 27 heavy (non-hydrogen) atoms. The van der Waals surface area contributed by atoms with Gasteiger partial charge in [-0.25, -0.2) is 9.59 Å². The lowest BCUT2D eigenvalue weighted by Gasteiger charge is -2.15. The summed E-state index contributed by atoms with van der Waals surface area (Å²) >= 11 is 6.25. The van der Waals surface area contributed by atoms with Crippen LogP contribution >= 0.6 is 11.6 Å². The zero-order valence-corrected chi connectivity index (χ0v) is 16.9. The summed E-state index contributed by atoms with van der Waals surface area (Å²) in [6, 6.07) is -0.488. The Hall–Kier alpha value is -2.09. The molecule has 1 atom stereocenters. The molecule has 0 radical (unpaired) electrons. The van der Waals surface area contributed by atoms with Crippen molar-refractivity contribution in [1.29, 1.82) is 0 Å². The molecule has 1 aliphatic rings. The number of nitrogens with zero attached hydrogens (tertiary/aromatic N) is 2. The first-order valence-corrected chi connectivity index (χ1v) is 9.62. The largest absolute Gasteiger partial charge is 0.449 e. The molecule has 9 heteroatoms. The van der Waals surface area contributed by atoms with E-state index in [-0.39, 0.29) is 16.8 Å². The van der Waals surface area contributed by atoms with Gasteiger partial charge in [-0.2, -0.15) is 5.10 Å². The van der Waals surface area contributed by atoms with Crippen LogP contribution in [0.4, 0.5) is 4.79 Å². The molecule has 2 N–H and O–H groups in total. The molecule has 1 heterocycles. The lowest BCUT2D eigenvalue weighted by Crippen LogP contribution is -2.47. The number of esters is 1. The Labute approximate surface area is 164 Å². The number of aromatic nitrogens is 2. The molecular weight excluding hydrogens is 372 g/mol. The van der Waals surface area contributed by atoms with Crippen molar-refractivity contribution in [3.8, 4) is 0 Å². The maximum Gasteiger partial charge on any atom is 0.343 e. The number of rotatable bonds is 6. The fourth-order valence-corrected chi connectivity index (χ4v) is 3.35. The van der Waals surface area contributed by atoms with Crippen molar-refractivity contribution in [2.45, 2.75) is 72.1 Å². The zero-order chi connectivity index (χ0) is 20.1. The number of urea groups is 1. The number of amides is 3. The third kappa shape index (κ3) is 5.69. The van der Waals surface area contributed by atoms with Gasteiger partial charge in [-0.15, -0.1) is 0 Å². The summed E-state index contributed by atoms with van der Waals surface area (Å²) in [5, 5.41) is 9.37. The van der Waals surface area contributed by atoms with Crippen molar-refractivity contribution < 1.29 is 19.1 Å². The predicted octanol–water partition coefficient (Wildman–Crippen LogP) is 2.81. The fraction of sp³-hybridized carbons (Fsp3) is 0.667. The Bertz CT molecular complexity index is 710. The quantitative estimate of drug-likeness (QED) is 0.717. The zero-order valence-electron chi connectivity index (χ0n) is 16.2. The monoisotopic (exact) mass is 398 g/mol. The average molecular weight is 399 g/mol. The van der Waals surface area contributed by atoms with E-state index >= 15 is 0 Å². The molecule has 0 aromatic carbocycles. The maximum atomic E-state index is 12.4. The topological polar surface area (TPSA) is 102 Å². The van der Waals surface area contributed by atoms with Gasteiger partial charge in [0.15, 0.2) is 6.10 Å². The molecule has 2 rings (SSSR count). The summed E-state index contributed by atoms with van der Waals surface area (Å²) in [7, 11) is 0. The molecule has 1 aromatic rings. The van der Waals surface area contributed by atoms with E-state index in [0.29, 0.717) is 18.2 Å². The van der Waals surface area contributed by atoms with Crippen molar-refractivity contribution in [2.24, 2.45) is 5.92 Å². The van der Waals surface area contributed by atoms with E-state index in [4.69, 9.17) is 16.3 Å². The number of hydrogen-bond donors (Lipinski definition) is 2. The molecule has 0 saturated heterocycles. The number of ether oxygens (including phenoxy) is 1. The standard InChI is InChI=1S/C18H27ClN4O4/c1-10(2)9-23-15(19)14(11(3)22-23)17(25)27-12(4)16(24)21-18(26)20-13-7-5-6-8-13/h10,12-13H,5-9H2,1-4H3,(H2,20,21,24,26)/t12-/m1/s1. The first kappa shape index (κ1) is 21.2. The summed E-state index contributed by atoms with van der Waals surface area (Å²) in [4.78, 5) is 36.4. The number of halogens is 1. The van der Waals surface area contributed by atoms with Crippen molar-refractivity contribution in [2.75, 3.05) is 0 Å². The van der Waals surface area contributed by atoms with Crippen LogP contribution in [0.15, 0.2) is 0 Å². The normalized spacial score (nSPS) is 15.6. The summed E-state index contributed by atoms with van der Waals surface area (Å²) in [5.74, 6) is -1.14. The molecule has 1 fully saturated rings. The van der Waals surface area contributed by atoms with Crippen molar-refractivity contribution >= 4 is 29.5 Å². The summed E-state index contributed by atoms with van der Waals surface area (Å²) in [5.41, 5.74) is 0.560. The van der Waals surface area contributed by atoms with E-state index in [9.17, 15) is 14.4 Å². The lowest BCUT2D eigenvalue weighted by atomic mass is 10.2. The molecule has 0 aliphatic heterocycles. The molecule has 8 nitrogen and oxygen atoms in total. The van der Waals surface area contributed by atoms with Crippen LogP contribution in [0.1, 0.15) is 62.5 Å². The van der Waals surface area contributed by atoms with Gasteiger partial charge in [0.2, 0.25) is 0 Å². The molecule has 1 saturated carbocycles. The number of hydrogen-bond acceptors (Lipinski definition) is 5. The van der Waals surface area contributed by atoms with Gasteiger partial charge in [0.05, 0.1) is 5.69 Å². The van der Waals surface area contributed by atoms with Crippen molar-refractivity contribution in [1.82, 2.24) is 20.4 Å². The molecule has 0 bridgehead atoms. The van der Waals surface area contributed by atoms with Crippen LogP contribution in [0, 0.1) is 12.8 Å². The third-order valence-corrected chi connectivity index (χ3v) is 4.77. The van der Waals surface area contributed by atoms with Gasteiger partial charge in [-0.1, -0.05) is 38.3 Å². The first-order valence-electron chi connectivity index (χ1n) is 9.24. The maximum absolute atomic E-state index is 12.4. The van der Waals surface area contributed by atoms with Gasteiger partial charge in [0.1, 0.15) is 10.7 Å². The number of carbonyl (C=O) groups is 3. The predicted molar refractivity (Wildman–Crippen MR) is 101 cm³/mol. The second-order valence-corrected chi connectivity index (χ2v) is 7.68. The van der Waals surface area contributed by atoms with Crippen LogP contribution in [-0.4, -0.2) is 39.8 Å². The summed E-state index contributed by atoms with van der Waals surface area (Å²) in [6.45, 7) is 7.63. The number of carbonyl (C=O) groups excluding carboxylic acids is 3. The van der Waals surface area contributed by atoms with Crippen LogP contribution in [-0.2, 0) is 16.1 Å². The highest BCUT2D eigenvalue weighted by Crippen LogP contribution is 2.22. The highest BCUT2D eigenvalue weighted by molar-refractivity contribution is 6.32. The Morgan fingerprint density at radius 1 is 1.26 bits per heavy atom. The Morgan fingerprint density at radius 3 is 2.48 bits per heavy atom. The second-order valence-electron chi connectivity index (χ2n) is 7.32. The van der Waals surface area contributed by atoms with Gasteiger partial charge in [-0.3, -0.25) is 14.8 Å². The number of nitrogens with one attached hydrogen (secondary N) is 2. The van der Waals surface area contributed by atoms with E-state index in [1.165, 1.54) is 11.6 Å². The minimum absolute atomic E-state index is 0.0870. The van der Waals surface area contributed by atoms with Crippen molar-refractivity contribution in [3.05, 3.63) is 16.4 Å². The van der Waals surface area contributed by atoms with Crippen LogP contribution in [0.25, 0.3) is 0 Å².